The predicted molar refractivity (Wildman–Crippen MR) is 114 cm³/mol. The maximum Gasteiger partial charge on any atom is 0.271 e. The lowest BCUT2D eigenvalue weighted by Gasteiger charge is -2.23. The molecule has 1 unspecified atom stereocenters. The van der Waals surface area contributed by atoms with E-state index in [1.807, 2.05) is 36.4 Å². The second-order valence-corrected chi connectivity index (χ2v) is 7.62. The molecule has 6 nitrogen and oxygen atoms in total. The van der Waals surface area contributed by atoms with Gasteiger partial charge in [0.1, 0.15) is 0 Å². The van der Waals surface area contributed by atoms with Crippen molar-refractivity contribution in [3.05, 3.63) is 70.3 Å². The van der Waals surface area contributed by atoms with Crippen molar-refractivity contribution in [1.29, 1.82) is 0 Å². The van der Waals surface area contributed by atoms with Crippen molar-refractivity contribution in [2.45, 2.75) is 6.04 Å². The van der Waals surface area contributed by atoms with Crippen molar-refractivity contribution >= 4 is 29.1 Å². The summed E-state index contributed by atoms with van der Waals surface area (Å²) in [5.74, 6) is -0.236. The van der Waals surface area contributed by atoms with E-state index in [1.165, 1.54) is 0 Å². The third-order valence-electron chi connectivity index (χ3n) is 4.66. The van der Waals surface area contributed by atoms with Crippen molar-refractivity contribution in [3.8, 4) is 16.9 Å². The molecule has 3 aromatic rings. The van der Waals surface area contributed by atoms with Crippen molar-refractivity contribution in [1.82, 2.24) is 20.4 Å². The maximum atomic E-state index is 12.7. The van der Waals surface area contributed by atoms with Gasteiger partial charge in [-0.1, -0.05) is 35.3 Å². The second-order valence-electron chi connectivity index (χ2n) is 6.75. The van der Waals surface area contributed by atoms with Gasteiger partial charge in [0.05, 0.1) is 24.6 Å². The van der Waals surface area contributed by atoms with E-state index in [2.05, 4.69) is 15.7 Å². The Morgan fingerprint density at radius 2 is 1.83 bits per heavy atom. The van der Waals surface area contributed by atoms with E-state index < -0.39 is 0 Å². The number of nitrogens with zero attached hydrogens (tertiary/aromatic N) is 2. The number of nitrogens with one attached hydrogen (secondary N) is 2. The number of ether oxygens (including phenoxy) is 1. The van der Waals surface area contributed by atoms with Gasteiger partial charge >= 0.3 is 0 Å². The van der Waals surface area contributed by atoms with Crippen LogP contribution in [0.1, 0.15) is 10.5 Å². The highest BCUT2D eigenvalue weighted by molar-refractivity contribution is 6.30. The molecule has 29 heavy (non-hydrogen) atoms. The van der Waals surface area contributed by atoms with E-state index in [9.17, 15) is 4.79 Å². The smallest absolute Gasteiger partial charge is 0.271 e. The van der Waals surface area contributed by atoms with Crippen LogP contribution in [0.5, 0.6) is 0 Å². The summed E-state index contributed by atoms with van der Waals surface area (Å²) in [6.45, 7) is 2.53. The summed E-state index contributed by atoms with van der Waals surface area (Å²) in [4.78, 5) is 12.7. The Labute approximate surface area is 178 Å². The van der Waals surface area contributed by atoms with Gasteiger partial charge in [0.25, 0.3) is 5.91 Å². The first kappa shape index (κ1) is 19.9. The summed E-state index contributed by atoms with van der Waals surface area (Å²) in [5.41, 5.74) is 2.83. The van der Waals surface area contributed by atoms with Crippen LogP contribution in [0, 0.1) is 0 Å². The molecule has 0 radical (unpaired) electrons. The van der Waals surface area contributed by atoms with Crippen LogP contribution in [0.3, 0.4) is 0 Å². The largest absolute Gasteiger partial charge is 0.378 e. The van der Waals surface area contributed by atoms with Gasteiger partial charge in [0, 0.05) is 34.7 Å². The number of halogens is 2. The number of hydrogen-bond acceptors (Lipinski definition) is 4. The molecular weight excluding hydrogens is 411 g/mol. The minimum Gasteiger partial charge on any atom is -0.378 e. The van der Waals surface area contributed by atoms with Crippen molar-refractivity contribution in [2.75, 3.05) is 26.3 Å². The average molecular weight is 431 g/mol. The molecule has 1 fully saturated rings. The molecule has 0 spiro atoms. The number of amides is 1. The number of benzene rings is 2. The third kappa shape index (κ3) is 4.79. The number of carbonyl (C=O) groups is 1. The zero-order chi connectivity index (χ0) is 20.2. The van der Waals surface area contributed by atoms with Crippen LogP contribution >= 0.6 is 23.2 Å². The normalized spacial score (nSPS) is 16.6. The molecule has 1 saturated heterocycles. The van der Waals surface area contributed by atoms with Crippen LogP contribution < -0.4 is 10.6 Å². The molecule has 2 heterocycles. The molecule has 2 aromatic carbocycles. The number of carbonyl (C=O) groups excluding carboxylic acids is 1. The number of hydrogen-bond donors (Lipinski definition) is 2. The lowest BCUT2D eigenvalue weighted by molar-refractivity contribution is 0.0733. The van der Waals surface area contributed by atoms with Crippen LogP contribution in [0.25, 0.3) is 16.9 Å². The molecule has 1 amide bonds. The molecule has 150 valence electrons. The molecule has 1 aliphatic heterocycles. The Hall–Kier alpha value is -2.38. The van der Waals surface area contributed by atoms with Gasteiger partial charge in [0.2, 0.25) is 0 Å². The second kappa shape index (κ2) is 8.97. The quantitative estimate of drug-likeness (QED) is 0.649. The van der Waals surface area contributed by atoms with Gasteiger partial charge in [-0.15, -0.1) is 0 Å². The molecule has 4 rings (SSSR count). The number of morpholine rings is 1. The first-order valence-electron chi connectivity index (χ1n) is 9.31. The topological polar surface area (TPSA) is 68.2 Å². The maximum absolute atomic E-state index is 12.7. The summed E-state index contributed by atoms with van der Waals surface area (Å²) in [7, 11) is 0. The van der Waals surface area contributed by atoms with Gasteiger partial charge in [0.15, 0.2) is 5.69 Å². The van der Waals surface area contributed by atoms with Gasteiger partial charge < -0.3 is 15.4 Å². The van der Waals surface area contributed by atoms with Crippen molar-refractivity contribution in [3.63, 3.8) is 0 Å². The van der Waals surface area contributed by atoms with Crippen LogP contribution in [0.15, 0.2) is 54.6 Å². The van der Waals surface area contributed by atoms with E-state index in [-0.39, 0.29) is 11.9 Å². The minimum absolute atomic E-state index is 0.0989. The summed E-state index contributed by atoms with van der Waals surface area (Å²) >= 11 is 12.0. The highest BCUT2D eigenvalue weighted by Crippen LogP contribution is 2.26. The fourth-order valence-corrected chi connectivity index (χ4v) is 3.41. The lowest BCUT2D eigenvalue weighted by Crippen LogP contribution is -2.48. The van der Waals surface area contributed by atoms with E-state index in [0.29, 0.717) is 35.5 Å². The summed E-state index contributed by atoms with van der Waals surface area (Å²) in [6, 6.07) is 16.6. The van der Waals surface area contributed by atoms with Gasteiger partial charge in [-0.2, -0.15) is 5.10 Å². The summed E-state index contributed by atoms with van der Waals surface area (Å²) in [6.07, 6.45) is 0. The number of rotatable bonds is 5. The Kier molecular flexibility index (Phi) is 6.16. The Balaban J connectivity index is 1.62. The predicted octanol–water partition coefficient (Wildman–Crippen LogP) is 3.56. The van der Waals surface area contributed by atoms with E-state index in [4.69, 9.17) is 27.9 Å². The summed E-state index contributed by atoms with van der Waals surface area (Å²) in [5, 5.41) is 12.1. The monoisotopic (exact) mass is 430 g/mol. The van der Waals surface area contributed by atoms with Gasteiger partial charge in [-0.25, -0.2) is 4.68 Å². The van der Waals surface area contributed by atoms with Crippen molar-refractivity contribution < 1.29 is 9.53 Å². The molecule has 2 N–H and O–H groups in total. The SMILES string of the molecule is O=C(NCC1COCCN1)c1cc(-c2ccc(Cl)cc2)n(-c2ccc(Cl)cc2)n1. The Bertz CT molecular complexity index is 918. The average Bonchev–Trinajstić information content (AvgIpc) is 3.19. The van der Waals surface area contributed by atoms with Crippen LogP contribution in [0.4, 0.5) is 0 Å². The molecule has 0 bridgehead atoms. The highest BCUT2D eigenvalue weighted by Gasteiger charge is 2.19. The molecule has 0 aliphatic carbocycles. The van der Waals surface area contributed by atoms with Gasteiger partial charge in [-0.05, 0) is 42.5 Å². The van der Waals surface area contributed by atoms with E-state index in [0.717, 1.165) is 23.5 Å². The first-order valence-corrected chi connectivity index (χ1v) is 10.1. The molecular formula is C21H20Cl2N4O2. The lowest BCUT2D eigenvalue weighted by atomic mass is 10.1. The number of aromatic nitrogens is 2. The molecule has 0 saturated carbocycles. The fraction of sp³-hybridized carbons (Fsp3) is 0.238. The van der Waals surface area contributed by atoms with Crippen LogP contribution in [-0.2, 0) is 4.74 Å². The standard InChI is InChI=1S/C21H20Cl2N4O2/c22-15-3-1-14(2-4-15)20-11-19(21(28)25-12-17-13-29-10-9-24-17)26-27(20)18-7-5-16(23)6-8-18/h1-8,11,17,24H,9-10,12-13H2,(H,25,28). The zero-order valence-electron chi connectivity index (χ0n) is 15.6. The third-order valence-corrected chi connectivity index (χ3v) is 5.16. The minimum atomic E-state index is -0.236. The molecule has 1 aromatic heterocycles. The van der Waals surface area contributed by atoms with Crippen LogP contribution in [0.2, 0.25) is 10.0 Å². The van der Waals surface area contributed by atoms with Gasteiger partial charge in [-0.3, -0.25) is 4.79 Å². The summed E-state index contributed by atoms with van der Waals surface area (Å²) < 4.78 is 7.16. The first-order chi connectivity index (χ1) is 14.1. The van der Waals surface area contributed by atoms with E-state index >= 15 is 0 Å². The Morgan fingerprint density at radius 1 is 1.14 bits per heavy atom. The zero-order valence-corrected chi connectivity index (χ0v) is 17.1. The molecule has 1 aliphatic rings. The highest BCUT2D eigenvalue weighted by atomic mass is 35.5. The van der Waals surface area contributed by atoms with Crippen molar-refractivity contribution in [2.24, 2.45) is 0 Å². The molecule has 1 atom stereocenters. The Morgan fingerprint density at radius 3 is 2.48 bits per heavy atom. The molecule has 8 heteroatoms. The van der Waals surface area contributed by atoms with Crippen LogP contribution in [-0.4, -0.2) is 48.0 Å². The van der Waals surface area contributed by atoms with E-state index in [1.54, 1.807) is 22.9 Å². The fourth-order valence-electron chi connectivity index (χ4n) is 3.15.